The van der Waals surface area contributed by atoms with Crippen LogP contribution in [0.25, 0.3) is 76.9 Å². The summed E-state index contributed by atoms with van der Waals surface area (Å²) in [7, 11) is 0. The molecule has 0 saturated heterocycles. The zero-order valence-corrected chi connectivity index (χ0v) is 35.8. The first-order chi connectivity index (χ1) is 32.8. The van der Waals surface area contributed by atoms with Crippen molar-refractivity contribution in [3.8, 4) is 44.9 Å². The fraction of sp³-hybridized carbons (Fsp3) is 0.0159. The predicted octanol–water partition coefficient (Wildman–Crippen LogP) is 17.2. The fourth-order valence-corrected chi connectivity index (χ4v) is 11.4. The van der Waals surface area contributed by atoms with Crippen LogP contribution in [0.4, 0.5) is 17.1 Å². The van der Waals surface area contributed by atoms with Crippen molar-refractivity contribution in [2.24, 2.45) is 0 Å². The Kier molecular flexibility index (Phi) is 7.90. The Morgan fingerprint density at radius 3 is 1.88 bits per heavy atom. The molecule has 14 rings (SSSR count). The lowest BCUT2D eigenvalue weighted by Crippen LogP contribution is -2.32. The minimum absolute atomic E-state index is 0.602. The number of hydrogen-bond acceptors (Lipinski definition) is 3. The number of benzene rings is 11. The minimum Gasteiger partial charge on any atom is -0.456 e. The molecular weight excluding hydrogens is 803 g/mol. The molecule has 3 nitrogen and oxygen atoms in total. The molecule has 0 fully saturated rings. The minimum atomic E-state index is -0.602. The number of para-hydroxylation sites is 4. The molecule has 1 unspecified atom stereocenters. The third kappa shape index (κ3) is 5.14. The van der Waals surface area contributed by atoms with Gasteiger partial charge in [0.05, 0.1) is 22.5 Å². The van der Waals surface area contributed by atoms with Crippen LogP contribution in [-0.4, -0.2) is 0 Å². The number of fused-ring (bicyclic) bond motifs is 15. The molecule has 0 N–H and O–H groups in total. The van der Waals surface area contributed by atoms with Crippen LogP contribution in [-0.2, 0) is 5.41 Å². The van der Waals surface area contributed by atoms with Crippen LogP contribution in [0.3, 0.4) is 0 Å². The molecule has 2 aliphatic rings. The van der Waals surface area contributed by atoms with Crippen LogP contribution >= 0.6 is 0 Å². The van der Waals surface area contributed by atoms with Crippen LogP contribution < -0.4 is 9.64 Å². The normalized spacial score (nSPS) is 14.5. The van der Waals surface area contributed by atoms with Crippen LogP contribution in [0.5, 0.6) is 11.5 Å². The molecule has 66 heavy (non-hydrogen) atoms. The van der Waals surface area contributed by atoms with Crippen molar-refractivity contribution >= 4 is 60.5 Å². The molecule has 0 bridgehead atoms. The maximum atomic E-state index is 6.96. The van der Waals surface area contributed by atoms with Gasteiger partial charge >= 0.3 is 0 Å². The molecule has 1 aliphatic carbocycles. The molecule has 3 heteroatoms. The number of furan rings is 1. The summed E-state index contributed by atoms with van der Waals surface area (Å²) in [5, 5.41) is 6.77. The highest BCUT2D eigenvalue weighted by Crippen LogP contribution is 2.63. The first kappa shape index (κ1) is 36.8. The summed E-state index contributed by atoms with van der Waals surface area (Å²) in [5.41, 5.74) is 16.2. The van der Waals surface area contributed by atoms with E-state index in [0.717, 1.165) is 99.9 Å². The summed E-state index contributed by atoms with van der Waals surface area (Å²) in [5.74, 6) is 1.81. The van der Waals surface area contributed by atoms with Crippen LogP contribution in [0.15, 0.2) is 241 Å². The Labute approximate surface area is 382 Å². The second-order valence-electron chi connectivity index (χ2n) is 17.5. The maximum Gasteiger partial charge on any atom is 0.159 e. The fourth-order valence-electron chi connectivity index (χ4n) is 11.4. The van der Waals surface area contributed by atoms with E-state index >= 15 is 0 Å². The van der Waals surface area contributed by atoms with E-state index in [-0.39, 0.29) is 0 Å². The standard InChI is InChI=1S/C63H39NO2/c1-2-17-40(18-3-1)44-20-9-13-29-56(44)64(58-30-16-26-51-50-25-10-14-31-59(50)65-62(51)58)57-38-36-43(46-22-6-7-24-49(46)57)42-33-35-48-47-23-8-11-27-52(47)63(55(48)39-42)53-28-12-15-32-60(53)66-61-45-21-5-4-19-41(45)34-37-54(61)63/h1-39H. The predicted molar refractivity (Wildman–Crippen MR) is 272 cm³/mol. The van der Waals surface area contributed by atoms with Gasteiger partial charge in [0.2, 0.25) is 0 Å². The summed E-state index contributed by atoms with van der Waals surface area (Å²) >= 11 is 0. The van der Waals surface area contributed by atoms with Gasteiger partial charge in [-0.3, -0.25) is 0 Å². The maximum absolute atomic E-state index is 6.96. The molecule has 2 heterocycles. The summed E-state index contributed by atoms with van der Waals surface area (Å²) in [6.07, 6.45) is 0. The molecule has 1 atom stereocenters. The van der Waals surface area contributed by atoms with E-state index in [9.17, 15) is 0 Å². The quantitative estimate of drug-likeness (QED) is 0.173. The third-order valence-corrected chi connectivity index (χ3v) is 14.1. The van der Waals surface area contributed by atoms with Crippen molar-refractivity contribution in [3.63, 3.8) is 0 Å². The largest absolute Gasteiger partial charge is 0.456 e. The number of nitrogens with zero attached hydrogens (tertiary/aromatic N) is 1. The van der Waals surface area contributed by atoms with Gasteiger partial charge < -0.3 is 14.1 Å². The zero-order chi connectivity index (χ0) is 43.3. The van der Waals surface area contributed by atoms with Crippen LogP contribution in [0, 0.1) is 0 Å². The Hall–Kier alpha value is -8.66. The third-order valence-electron chi connectivity index (χ3n) is 14.1. The average Bonchev–Trinajstić information content (AvgIpc) is 3.91. The molecular formula is C63H39NO2. The summed E-state index contributed by atoms with van der Waals surface area (Å²) < 4.78 is 13.8. The molecule has 12 aromatic rings. The van der Waals surface area contributed by atoms with Crippen LogP contribution in [0.2, 0.25) is 0 Å². The first-order valence-corrected chi connectivity index (χ1v) is 22.7. The summed E-state index contributed by atoms with van der Waals surface area (Å²) in [4.78, 5) is 2.41. The van der Waals surface area contributed by atoms with Crippen molar-refractivity contribution < 1.29 is 9.15 Å². The second kappa shape index (κ2) is 14.2. The Morgan fingerprint density at radius 1 is 0.333 bits per heavy atom. The highest BCUT2D eigenvalue weighted by molar-refractivity contribution is 6.14. The number of anilines is 3. The van der Waals surface area contributed by atoms with Crippen molar-refractivity contribution in [3.05, 3.63) is 259 Å². The lowest BCUT2D eigenvalue weighted by molar-refractivity contribution is 0.442. The van der Waals surface area contributed by atoms with E-state index in [2.05, 4.69) is 235 Å². The summed E-state index contributed by atoms with van der Waals surface area (Å²) in [6, 6.07) is 85.7. The lowest BCUT2D eigenvalue weighted by atomic mass is 9.65. The van der Waals surface area contributed by atoms with E-state index in [1.54, 1.807) is 0 Å². The zero-order valence-electron chi connectivity index (χ0n) is 35.8. The smallest absolute Gasteiger partial charge is 0.159 e. The van der Waals surface area contributed by atoms with E-state index < -0.39 is 5.41 Å². The van der Waals surface area contributed by atoms with Crippen molar-refractivity contribution in [2.75, 3.05) is 4.90 Å². The van der Waals surface area contributed by atoms with Crippen molar-refractivity contribution in [1.82, 2.24) is 0 Å². The monoisotopic (exact) mass is 841 g/mol. The van der Waals surface area contributed by atoms with Gasteiger partial charge in [-0.1, -0.05) is 200 Å². The lowest BCUT2D eigenvalue weighted by Gasteiger charge is -2.40. The van der Waals surface area contributed by atoms with Gasteiger partial charge in [-0.25, -0.2) is 0 Å². The SMILES string of the molecule is c1ccc(-c2ccccc2N(c2ccc(-c3ccc4c(c3)C3(c5ccccc5Oc5c3ccc3ccccc53)c3ccccc3-4)c3ccccc23)c2cccc3c2oc2ccccc23)cc1. The molecule has 308 valence electrons. The molecule has 0 amide bonds. The van der Waals surface area contributed by atoms with Gasteiger partial charge in [0.15, 0.2) is 5.58 Å². The Bertz CT molecular complexity index is 3940. The Morgan fingerprint density at radius 2 is 0.985 bits per heavy atom. The van der Waals surface area contributed by atoms with E-state index in [4.69, 9.17) is 9.15 Å². The highest BCUT2D eigenvalue weighted by Gasteiger charge is 2.51. The van der Waals surface area contributed by atoms with Gasteiger partial charge in [0.1, 0.15) is 17.1 Å². The summed E-state index contributed by atoms with van der Waals surface area (Å²) in [6.45, 7) is 0. The Balaban J connectivity index is 1.02. The molecule has 0 radical (unpaired) electrons. The average molecular weight is 842 g/mol. The molecule has 1 aliphatic heterocycles. The van der Waals surface area contributed by atoms with Gasteiger partial charge in [0, 0.05) is 38.2 Å². The second-order valence-corrected chi connectivity index (χ2v) is 17.5. The van der Waals surface area contributed by atoms with Gasteiger partial charge in [0.25, 0.3) is 0 Å². The molecule has 1 spiro atoms. The molecule has 0 saturated carbocycles. The molecule has 1 aromatic heterocycles. The van der Waals surface area contributed by atoms with Crippen LogP contribution in [0.1, 0.15) is 22.3 Å². The topological polar surface area (TPSA) is 25.6 Å². The van der Waals surface area contributed by atoms with Crippen molar-refractivity contribution in [2.45, 2.75) is 5.41 Å². The van der Waals surface area contributed by atoms with E-state index in [1.807, 2.05) is 6.07 Å². The van der Waals surface area contributed by atoms with E-state index in [0.29, 0.717) is 0 Å². The van der Waals surface area contributed by atoms with Crippen molar-refractivity contribution in [1.29, 1.82) is 0 Å². The van der Waals surface area contributed by atoms with Gasteiger partial charge in [-0.15, -0.1) is 0 Å². The number of rotatable bonds is 5. The number of hydrogen-bond donors (Lipinski definition) is 0. The van der Waals surface area contributed by atoms with E-state index in [1.165, 1.54) is 27.8 Å². The first-order valence-electron chi connectivity index (χ1n) is 22.7. The van der Waals surface area contributed by atoms with Gasteiger partial charge in [-0.2, -0.15) is 0 Å². The number of ether oxygens (including phenoxy) is 1. The molecule has 11 aromatic carbocycles. The highest BCUT2D eigenvalue weighted by atomic mass is 16.5. The van der Waals surface area contributed by atoms with Gasteiger partial charge in [-0.05, 0) is 86.1 Å².